The molecule has 49 heavy (non-hydrogen) atoms. The van der Waals surface area contributed by atoms with Crippen molar-refractivity contribution in [2.75, 3.05) is 0 Å². The smallest absolute Gasteiger partial charge is 0.136 e. The summed E-state index contributed by atoms with van der Waals surface area (Å²) in [7, 11) is 0. The number of rotatable bonds is 3. The number of hydrogen-bond donors (Lipinski definition) is 0. The van der Waals surface area contributed by atoms with Gasteiger partial charge in [-0.3, -0.25) is 0 Å². The van der Waals surface area contributed by atoms with E-state index in [2.05, 4.69) is 133 Å². The lowest BCUT2D eigenvalue weighted by atomic mass is 9.85. The minimum atomic E-state index is 0.587. The number of aromatic nitrogens is 1. The van der Waals surface area contributed by atoms with Crippen LogP contribution < -0.4 is 4.74 Å². The van der Waals surface area contributed by atoms with Gasteiger partial charge in [-0.15, -0.1) is 0 Å². The molecule has 0 fully saturated rings. The zero-order valence-electron chi connectivity index (χ0n) is 26.3. The van der Waals surface area contributed by atoms with E-state index in [4.69, 9.17) is 9.72 Å². The minimum Gasteiger partial charge on any atom is -0.456 e. The third-order valence-corrected chi connectivity index (χ3v) is 9.89. The minimum absolute atomic E-state index is 0.587. The van der Waals surface area contributed by atoms with E-state index in [0.29, 0.717) is 11.3 Å². The van der Waals surface area contributed by atoms with Gasteiger partial charge in [0.1, 0.15) is 11.5 Å². The van der Waals surface area contributed by atoms with Gasteiger partial charge >= 0.3 is 0 Å². The first kappa shape index (κ1) is 27.4. The molecule has 3 heteroatoms. The highest BCUT2D eigenvalue weighted by Gasteiger charge is 2.23. The summed E-state index contributed by atoms with van der Waals surface area (Å²) in [4.78, 5) is 5.18. The molecule has 0 radical (unpaired) electrons. The average Bonchev–Trinajstić information content (AvgIpc) is 3.17. The highest BCUT2D eigenvalue weighted by Crippen LogP contribution is 2.50. The normalized spacial score (nSPS) is 11.8. The number of hydrogen-bond acceptors (Lipinski definition) is 3. The van der Waals surface area contributed by atoms with Crippen LogP contribution in [0.25, 0.3) is 87.9 Å². The molecule has 0 unspecified atom stereocenters. The Bertz CT molecular complexity index is 2870. The van der Waals surface area contributed by atoms with Crippen LogP contribution in [0.1, 0.15) is 5.56 Å². The van der Waals surface area contributed by atoms with Crippen molar-refractivity contribution in [3.63, 3.8) is 0 Å². The van der Waals surface area contributed by atoms with Crippen LogP contribution in [0, 0.1) is 11.3 Å². The molecule has 0 bridgehead atoms. The zero-order chi connectivity index (χ0) is 32.5. The molecule has 0 saturated heterocycles. The molecule has 226 valence electrons. The van der Waals surface area contributed by atoms with Crippen molar-refractivity contribution in [3.8, 4) is 62.3 Å². The van der Waals surface area contributed by atoms with Crippen LogP contribution in [0.4, 0.5) is 0 Å². The van der Waals surface area contributed by atoms with Gasteiger partial charge in [0.05, 0.1) is 23.0 Å². The third-order valence-electron chi connectivity index (χ3n) is 9.89. The number of nitriles is 1. The summed E-state index contributed by atoms with van der Waals surface area (Å²) in [6.45, 7) is 0. The van der Waals surface area contributed by atoms with Crippen molar-refractivity contribution in [1.82, 2.24) is 4.98 Å². The summed E-state index contributed by atoms with van der Waals surface area (Å²) in [6.07, 6.45) is 0. The molecule has 1 aromatic heterocycles. The molecule has 10 rings (SSSR count). The van der Waals surface area contributed by atoms with E-state index >= 15 is 0 Å². The summed E-state index contributed by atoms with van der Waals surface area (Å²) < 4.78 is 6.43. The van der Waals surface area contributed by atoms with E-state index in [1.807, 2.05) is 30.3 Å². The lowest BCUT2D eigenvalue weighted by Crippen LogP contribution is -1.98. The van der Waals surface area contributed by atoms with Crippen LogP contribution in [0.5, 0.6) is 11.5 Å². The molecule has 1 aliphatic heterocycles. The number of benzene rings is 8. The van der Waals surface area contributed by atoms with Crippen molar-refractivity contribution in [2.45, 2.75) is 0 Å². The van der Waals surface area contributed by atoms with Crippen molar-refractivity contribution in [1.29, 1.82) is 5.26 Å². The first-order valence-corrected chi connectivity index (χ1v) is 16.4. The Morgan fingerprint density at radius 1 is 0.408 bits per heavy atom. The summed E-state index contributed by atoms with van der Waals surface area (Å²) in [5, 5.41) is 18.9. The lowest BCUT2D eigenvalue weighted by molar-refractivity contribution is 0.487. The van der Waals surface area contributed by atoms with Crippen LogP contribution in [-0.4, -0.2) is 4.98 Å². The van der Waals surface area contributed by atoms with Crippen LogP contribution >= 0.6 is 0 Å². The van der Waals surface area contributed by atoms with Gasteiger partial charge in [0.2, 0.25) is 0 Å². The Kier molecular flexibility index (Phi) is 5.94. The Morgan fingerprint density at radius 3 is 1.80 bits per heavy atom. The summed E-state index contributed by atoms with van der Waals surface area (Å²) in [5.41, 5.74) is 9.18. The fraction of sp³-hybridized carbons (Fsp3) is 0. The molecular weight excluding hydrogens is 597 g/mol. The first-order chi connectivity index (χ1) is 24.2. The fourth-order valence-electron chi connectivity index (χ4n) is 7.68. The van der Waals surface area contributed by atoms with Crippen molar-refractivity contribution in [3.05, 3.63) is 163 Å². The van der Waals surface area contributed by atoms with Gasteiger partial charge in [0, 0.05) is 22.1 Å². The Hall–Kier alpha value is -6.76. The van der Waals surface area contributed by atoms with Crippen LogP contribution in [0.2, 0.25) is 0 Å². The molecule has 0 saturated carbocycles. The van der Waals surface area contributed by atoms with Crippen LogP contribution in [-0.2, 0) is 0 Å². The molecule has 0 aliphatic carbocycles. The second-order valence-corrected chi connectivity index (χ2v) is 12.6. The molecular formula is C46H26N2O. The standard InChI is InChI=1S/C46H26N2O/c47-27-28-20-21-35-37-23-22-34(36-16-8-19-44(46(36)37)49-45(35)24-28)38-25-39-32-14-6-7-15-33(32)41(26-40(39)31-13-5-4-12-30(31)38)43-18-9-17-42(48-43)29-10-2-1-3-11-29/h1-26H. The van der Waals surface area contributed by atoms with Gasteiger partial charge in [-0.2, -0.15) is 5.26 Å². The van der Waals surface area contributed by atoms with E-state index in [-0.39, 0.29) is 0 Å². The van der Waals surface area contributed by atoms with Crippen LogP contribution in [0.3, 0.4) is 0 Å². The number of ether oxygens (including phenoxy) is 1. The van der Waals surface area contributed by atoms with Crippen molar-refractivity contribution in [2.24, 2.45) is 0 Å². The van der Waals surface area contributed by atoms with Gasteiger partial charge < -0.3 is 4.74 Å². The zero-order valence-corrected chi connectivity index (χ0v) is 26.3. The van der Waals surface area contributed by atoms with E-state index in [9.17, 15) is 5.26 Å². The lowest BCUT2D eigenvalue weighted by Gasteiger charge is -2.23. The highest BCUT2D eigenvalue weighted by molar-refractivity contribution is 6.25. The maximum absolute atomic E-state index is 9.50. The monoisotopic (exact) mass is 622 g/mol. The second-order valence-electron chi connectivity index (χ2n) is 12.6. The molecule has 0 amide bonds. The Labute approximate surface area is 282 Å². The first-order valence-electron chi connectivity index (χ1n) is 16.4. The molecule has 8 aromatic carbocycles. The number of fused-ring (bicyclic) bond motifs is 7. The number of nitrogens with zero attached hydrogens (tertiary/aromatic N) is 2. The van der Waals surface area contributed by atoms with Gasteiger partial charge in [-0.25, -0.2) is 4.98 Å². The largest absolute Gasteiger partial charge is 0.456 e. The predicted octanol–water partition coefficient (Wildman–Crippen LogP) is 12.3. The molecule has 0 atom stereocenters. The van der Waals surface area contributed by atoms with Crippen molar-refractivity contribution < 1.29 is 4.74 Å². The summed E-state index contributed by atoms with van der Waals surface area (Å²) >= 11 is 0. The molecule has 0 spiro atoms. The summed E-state index contributed by atoms with van der Waals surface area (Å²) in [6, 6.07) is 57.5. The second kappa shape index (κ2) is 10.6. The van der Waals surface area contributed by atoms with Crippen molar-refractivity contribution >= 4 is 43.1 Å². The average molecular weight is 623 g/mol. The summed E-state index contributed by atoms with van der Waals surface area (Å²) in [5.74, 6) is 1.52. The Balaban J connectivity index is 1.24. The molecule has 0 N–H and O–H groups in total. The molecule has 1 aliphatic rings. The Morgan fingerprint density at radius 2 is 1.02 bits per heavy atom. The van der Waals surface area contributed by atoms with E-state index in [0.717, 1.165) is 55.7 Å². The maximum atomic E-state index is 9.50. The van der Waals surface area contributed by atoms with E-state index < -0.39 is 0 Å². The molecule has 9 aromatic rings. The third kappa shape index (κ3) is 4.18. The predicted molar refractivity (Wildman–Crippen MR) is 201 cm³/mol. The maximum Gasteiger partial charge on any atom is 0.136 e. The van der Waals surface area contributed by atoms with Crippen LogP contribution in [0.15, 0.2) is 158 Å². The van der Waals surface area contributed by atoms with Gasteiger partial charge in [-0.05, 0) is 103 Å². The number of pyridine rings is 1. The SMILES string of the molecule is N#Cc1ccc2c(c1)Oc1cccc3c(-c4cc5c6ccccc6c(-c6cccc(-c7ccccc7)n6)cc5c5ccccc45)ccc-2c13. The molecule has 2 heterocycles. The van der Waals surface area contributed by atoms with Gasteiger partial charge in [-0.1, -0.05) is 109 Å². The topological polar surface area (TPSA) is 45.9 Å². The highest BCUT2D eigenvalue weighted by atomic mass is 16.5. The fourth-order valence-corrected chi connectivity index (χ4v) is 7.68. The van der Waals surface area contributed by atoms with Gasteiger partial charge in [0.25, 0.3) is 0 Å². The van der Waals surface area contributed by atoms with Gasteiger partial charge in [0.15, 0.2) is 0 Å². The quantitative estimate of drug-likeness (QED) is 0.184. The molecule has 3 nitrogen and oxygen atoms in total. The van der Waals surface area contributed by atoms with E-state index in [1.54, 1.807) is 0 Å². The van der Waals surface area contributed by atoms with E-state index in [1.165, 1.54) is 37.9 Å².